The molecule has 12 rings (SSSR count). The van der Waals surface area contributed by atoms with Gasteiger partial charge in [-0.1, -0.05) is 6.92 Å². The van der Waals surface area contributed by atoms with Crippen LogP contribution >= 0.6 is 0 Å². The van der Waals surface area contributed by atoms with Gasteiger partial charge in [0.25, 0.3) is 35.4 Å². The summed E-state index contributed by atoms with van der Waals surface area (Å²) >= 11 is 0. The molecule has 31 nitrogen and oxygen atoms in total. The maximum atomic E-state index is 13.8. The van der Waals surface area contributed by atoms with Crippen molar-refractivity contribution >= 4 is 35.4 Å². The van der Waals surface area contributed by atoms with Crippen molar-refractivity contribution in [3.8, 4) is 17.6 Å². The molecule has 0 aliphatic carbocycles. The first-order chi connectivity index (χ1) is 59.2. The molecule has 0 aromatic carbocycles. The van der Waals surface area contributed by atoms with E-state index in [2.05, 4.69) is 217 Å². The summed E-state index contributed by atoms with van der Waals surface area (Å²) in [6, 6.07) is 12.3. The molecule has 698 valence electrons. The topological polar surface area (TPSA) is 343 Å². The standard InChI is InChI=1S/C16H24FN3O2.C16H24FN3O.C16H26N4O3.C15H24N4O.C15H26N4O.C15H24N4O/c1-11(2)20-9-7-16(3,8-10-20)19-15(21)14-12(17)5-6-13(18-14)22-4;1-11(2)20-9-7-16(4,8-10-20)19-15(21)14-13(17)6-5-12(3)18-14;1-11(2)20-8-6-16(3,7-9-20)19-15(21)14-17-12(22-4)10-13(18-14)23-5;1-11(2)19-9-6-15(4,7-10-19)18-14(20)13-16-8-5-12(3)17-13;1-10(2)19-7-6-14(11(3)9-19)17-15(20)13-8-16-18(5)12(13)4;1-11(2)19-7-5-15(4,6-8-19)18-14(20)13-9-16-10-17-12(13)3/h5-6,11H,7-10H2,1-4H3,(H,19,21);5-6,11H,7-10H2,1-4H3,(H,19,21);10-11H,6-9H2,1-5H3,(H,19,21);5,8,11H,6-7,9-10H2,1-4H3,(H,18,20);8,10-11,14H,6-7,9H2,1-5H3,(H,17,20);9-11H,5-8H2,1-4H3,(H,18,20). The fraction of sp³-hybridized carbons (Fsp3) is 0.667. The number of likely N-dealkylation sites (tertiary alicyclic amines) is 6. The monoisotopic (exact) mass is 1760 g/mol. The molecule has 6 fully saturated rings. The third kappa shape index (κ3) is 30.9. The lowest BCUT2D eigenvalue weighted by Gasteiger charge is -2.41. The van der Waals surface area contributed by atoms with Crippen LogP contribution in [0.15, 0.2) is 61.3 Å². The summed E-state index contributed by atoms with van der Waals surface area (Å²) in [5.41, 5.74) is 2.85. The van der Waals surface area contributed by atoms with Crippen molar-refractivity contribution in [3.63, 3.8) is 0 Å². The number of amides is 6. The molecule has 0 saturated carbocycles. The Bertz CT molecular complexity index is 4480. The Morgan fingerprint density at radius 3 is 1.16 bits per heavy atom. The molecule has 126 heavy (non-hydrogen) atoms. The van der Waals surface area contributed by atoms with Crippen LogP contribution in [0.1, 0.15) is 281 Å². The van der Waals surface area contributed by atoms with Gasteiger partial charge >= 0.3 is 0 Å². The summed E-state index contributed by atoms with van der Waals surface area (Å²) in [5, 5.41) is 22.6. The van der Waals surface area contributed by atoms with Crippen LogP contribution < -0.4 is 46.1 Å². The average Bonchev–Trinajstić information content (AvgIpc) is 0.954. The smallest absolute Gasteiger partial charge is 0.289 e. The van der Waals surface area contributed by atoms with Gasteiger partial charge in [-0.05, 0) is 246 Å². The number of nitrogens with zero attached hydrogens (tertiary/aromatic N) is 16. The molecule has 6 N–H and O–H groups in total. The number of methoxy groups -OCH3 is 3. The normalized spacial score (nSPS) is 19.4. The van der Waals surface area contributed by atoms with E-state index in [1.54, 1.807) is 48.4 Å². The minimum atomic E-state index is -0.637. The first kappa shape index (κ1) is 104. The zero-order valence-electron chi connectivity index (χ0n) is 80.2. The summed E-state index contributed by atoms with van der Waals surface area (Å²) in [6.07, 6.45) is 16.4. The van der Waals surface area contributed by atoms with Crippen molar-refractivity contribution < 1.29 is 51.8 Å². The zero-order chi connectivity index (χ0) is 93.3. The van der Waals surface area contributed by atoms with Crippen molar-refractivity contribution in [1.29, 1.82) is 0 Å². The van der Waals surface area contributed by atoms with Crippen molar-refractivity contribution in [2.75, 3.05) is 99.9 Å². The molecular weight excluding hydrogens is 1610 g/mol. The lowest BCUT2D eigenvalue weighted by molar-refractivity contribution is 0.0781. The third-order valence-corrected chi connectivity index (χ3v) is 25.6. The molecule has 0 radical (unpaired) electrons. The molecule has 6 aromatic heterocycles. The number of hydrogen-bond donors (Lipinski definition) is 6. The van der Waals surface area contributed by atoms with E-state index in [1.165, 1.54) is 45.9 Å². The van der Waals surface area contributed by atoms with Gasteiger partial charge in [0.2, 0.25) is 29.3 Å². The third-order valence-electron chi connectivity index (χ3n) is 25.6. The molecule has 6 aliphatic heterocycles. The average molecular weight is 1760 g/mol. The lowest BCUT2D eigenvalue weighted by atomic mass is 9.88. The van der Waals surface area contributed by atoms with Crippen LogP contribution in [-0.2, 0) is 7.05 Å². The first-order valence-corrected chi connectivity index (χ1v) is 45.0. The number of ether oxygens (including phenoxy) is 3. The van der Waals surface area contributed by atoms with Crippen LogP contribution in [-0.4, -0.2) is 284 Å². The second kappa shape index (κ2) is 47.1. The second-order valence-electron chi connectivity index (χ2n) is 37.7. The Morgan fingerprint density at radius 1 is 0.421 bits per heavy atom. The van der Waals surface area contributed by atoms with Gasteiger partial charge in [-0.15, -0.1) is 0 Å². The Balaban J connectivity index is 0.000000208. The van der Waals surface area contributed by atoms with Crippen LogP contribution in [0.2, 0.25) is 0 Å². The summed E-state index contributed by atoms with van der Waals surface area (Å²) in [6.45, 7) is 58.1. The second-order valence-corrected chi connectivity index (χ2v) is 37.7. The van der Waals surface area contributed by atoms with E-state index in [4.69, 9.17) is 14.2 Å². The number of carbonyl (C=O) groups excluding carboxylic acids is 6. The Morgan fingerprint density at radius 2 is 0.794 bits per heavy atom. The lowest BCUT2D eigenvalue weighted by Crippen LogP contribution is -2.54. The van der Waals surface area contributed by atoms with Gasteiger partial charge in [-0.25, -0.2) is 38.7 Å². The number of hydrogen-bond acceptors (Lipinski definition) is 24. The molecule has 2 unspecified atom stereocenters. The summed E-state index contributed by atoms with van der Waals surface area (Å²) in [4.78, 5) is 121. The molecule has 6 amide bonds. The van der Waals surface area contributed by atoms with Crippen molar-refractivity contribution in [2.24, 2.45) is 13.0 Å². The number of aromatic nitrogens is 10. The number of halogens is 2. The minimum Gasteiger partial charge on any atom is -0.481 e. The fourth-order valence-electron chi connectivity index (χ4n) is 16.1. The maximum Gasteiger partial charge on any atom is 0.289 e. The molecule has 33 heteroatoms. The zero-order valence-corrected chi connectivity index (χ0v) is 80.2. The van der Waals surface area contributed by atoms with E-state index in [9.17, 15) is 37.5 Å². The van der Waals surface area contributed by atoms with Gasteiger partial charge in [-0.3, -0.25) is 33.4 Å². The van der Waals surface area contributed by atoms with Crippen LogP contribution in [0.25, 0.3) is 0 Å². The predicted octanol–water partition coefficient (Wildman–Crippen LogP) is 11.4. The summed E-state index contributed by atoms with van der Waals surface area (Å²) in [7, 11) is 6.28. The Labute approximate surface area is 747 Å². The van der Waals surface area contributed by atoms with Crippen LogP contribution in [0.4, 0.5) is 8.78 Å². The highest BCUT2D eigenvalue weighted by atomic mass is 19.1. The highest BCUT2D eigenvalue weighted by molar-refractivity contribution is 5.96. The molecule has 6 saturated heterocycles. The first-order valence-electron chi connectivity index (χ1n) is 45.0. The Hall–Kier alpha value is -9.41. The molecule has 6 aromatic rings. The molecule has 0 spiro atoms. The van der Waals surface area contributed by atoms with Gasteiger partial charge in [0.1, 0.15) is 6.33 Å². The number of carbonyl (C=O) groups is 6. The van der Waals surface area contributed by atoms with Crippen molar-refractivity contribution in [1.82, 2.24) is 111 Å². The summed E-state index contributed by atoms with van der Waals surface area (Å²) < 4.78 is 44.4. The number of pyridine rings is 2. The molecule has 6 aliphatic rings. The SMILES string of the molecule is COc1cc(OC)nc(C(=O)NC2(C)CCN(C(C)C)CC2)n1.COc1ccc(F)c(C(=O)NC2(C)CCN(C(C)C)CC2)n1.Cc1c(C(=O)NC2CCN(C(C)C)CC2C)cnn1C.Cc1ccc(F)c(C(=O)NC2(C)CCN(C(C)C)CC2)n1.Cc1ccnc(C(=O)NC2(C)CCN(C(C)C)CC2)n1.Cc1ncncc1C(=O)NC1(C)CCN(C(C)C)CC1. The maximum absolute atomic E-state index is 13.8. The van der Waals surface area contributed by atoms with E-state index in [1.807, 2.05) is 41.7 Å². The van der Waals surface area contributed by atoms with Crippen LogP contribution in [0, 0.1) is 45.2 Å². The highest BCUT2D eigenvalue weighted by Gasteiger charge is 2.40. The van der Waals surface area contributed by atoms with Gasteiger partial charge in [0.15, 0.2) is 23.0 Å². The number of aryl methyl sites for hydroxylation is 4. The minimum absolute atomic E-state index is 0.00504. The van der Waals surface area contributed by atoms with E-state index in [0.717, 1.165) is 166 Å². The van der Waals surface area contributed by atoms with E-state index < -0.39 is 23.4 Å². The quantitative estimate of drug-likeness (QED) is 0.0390. The van der Waals surface area contributed by atoms with Crippen molar-refractivity contribution in [3.05, 3.63) is 130 Å². The van der Waals surface area contributed by atoms with Gasteiger partial charge in [0, 0.05) is 191 Å². The Kier molecular flexibility index (Phi) is 38.7. The van der Waals surface area contributed by atoms with Crippen LogP contribution in [0.3, 0.4) is 0 Å². The molecule has 2 atom stereocenters. The van der Waals surface area contributed by atoms with Crippen LogP contribution in [0.5, 0.6) is 17.6 Å². The van der Waals surface area contributed by atoms with E-state index in [-0.39, 0.29) is 86.3 Å². The van der Waals surface area contributed by atoms with Gasteiger partial charge in [0.05, 0.1) is 50.4 Å². The predicted molar refractivity (Wildman–Crippen MR) is 487 cm³/mol. The molecule has 12 heterocycles. The highest BCUT2D eigenvalue weighted by Crippen LogP contribution is 2.31. The van der Waals surface area contributed by atoms with E-state index in [0.29, 0.717) is 70.7 Å². The van der Waals surface area contributed by atoms with Crippen molar-refractivity contribution in [2.45, 2.75) is 293 Å². The summed E-state index contributed by atoms with van der Waals surface area (Å²) in [5.74, 6) is -1.00. The fourth-order valence-corrected chi connectivity index (χ4v) is 16.1. The number of rotatable bonds is 21. The number of piperidine rings is 6. The van der Waals surface area contributed by atoms with Gasteiger partial charge < -0.3 is 75.5 Å². The molecule has 0 bridgehead atoms. The van der Waals surface area contributed by atoms with E-state index >= 15 is 0 Å². The van der Waals surface area contributed by atoms with Gasteiger partial charge in [-0.2, -0.15) is 15.1 Å². The number of nitrogens with one attached hydrogen (secondary N) is 6. The molecular formula is C93H148F2N22O9. The largest absolute Gasteiger partial charge is 0.481 e.